The van der Waals surface area contributed by atoms with Crippen molar-refractivity contribution in [3.8, 4) is 0 Å². The van der Waals surface area contributed by atoms with Gasteiger partial charge in [-0.2, -0.15) is 0 Å². The molecular weight excluding hydrogens is 260 g/mol. The summed E-state index contributed by atoms with van der Waals surface area (Å²) >= 11 is 0. The standard InChI is InChI=1S/C14H30O4Si/c1-7-12(2)13(14(3,16)10-15)18-11-17-8-9-19(4,5)6/h7,12-13,15-16H,1,8-11H2,2-6H3/t12-,13-,14+/m0/s1. The van der Waals surface area contributed by atoms with Crippen LogP contribution in [-0.2, 0) is 9.47 Å². The molecule has 0 heterocycles. The van der Waals surface area contributed by atoms with Crippen LogP contribution in [0.25, 0.3) is 0 Å². The van der Waals surface area contributed by atoms with E-state index in [9.17, 15) is 10.2 Å². The van der Waals surface area contributed by atoms with Crippen molar-refractivity contribution in [3.05, 3.63) is 12.7 Å². The molecule has 5 heteroatoms. The lowest BCUT2D eigenvalue weighted by molar-refractivity contribution is -0.178. The Morgan fingerprint density at radius 3 is 2.37 bits per heavy atom. The van der Waals surface area contributed by atoms with E-state index < -0.39 is 19.8 Å². The Balaban J connectivity index is 4.19. The maximum absolute atomic E-state index is 10.1. The molecule has 114 valence electrons. The highest BCUT2D eigenvalue weighted by Crippen LogP contribution is 2.22. The van der Waals surface area contributed by atoms with E-state index in [-0.39, 0.29) is 19.3 Å². The molecule has 0 radical (unpaired) electrons. The third kappa shape index (κ3) is 7.84. The molecule has 0 aliphatic carbocycles. The van der Waals surface area contributed by atoms with Gasteiger partial charge in [-0.05, 0) is 13.0 Å². The highest BCUT2D eigenvalue weighted by Gasteiger charge is 2.35. The number of aliphatic hydroxyl groups excluding tert-OH is 1. The van der Waals surface area contributed by atoms with E-state index in [1.54, 1.807) is 13.0 Å². The smallest absolute Gasteiger partial charge is 0.147 e. The van der Waals surface area contributed by atoms with Crippen LogP contribution in [0.15, 0.2) is 12.7 Å². The summed E-state index contributed by atoms with van der Waals surface area (Å²) in [5.74, 6) is -0.0669. The molecule has 2 N–H and O–H groups in total. The molecule has 0 aliphatic rings. The van der Waals surface area contributed by atoms with E-state index in [1.807, 2.05) is 6.92 Å². The summed E-state index contributed by atoms with van der Waals surface area (Å²) in [5, 5.41) is 19.3. The first-order chi connectivity index (χ1) is 8.64. The van der Waals surface area contributed by atoms with Gasteiger partial charge in [0.1, 0.15) is 12.4 Å². The second-order valence-electron chi connectivity index (χ2n) is 6.53. The Kier molecular flexibility index (Phi) is 8.08. The predicted molar refractivity (Wildman–Crippen MR) is 80.9 cm³/mol. The van der Waals surface area contributed by atoms with E-state index >= 15 is 0 Å². The molecule has 0 saturated carbocycles. The Labute approximate surface area is 118 Å². The maximum Gasteiger partial charge on any atom is 0.147 e. The number of hydrogen-bond donors (Lipinski definition) is 2. The first-order valence-electron chi connectivity index (χ1n) is 6.79. The SMILES string of the molecule is C=C[C@H](C)[C@H](OCOCC[Si](C)(C)C)[C@](C)(O)CO. The summed E-state index contributed by atoms with van der Waals surface area (Å²) < 4.78 is 11.0. The molecule has 0 fully saturated rings. The molecular formula is C14H30O4Si. The Morgan fingerprint density at radius 1 is 1.37 bits per heavy atom. The van der Waals surface area contributed by atoms with Gasteiger partial charge in [-0.15, -0.1) is 6.58 Å². The molecule has 0 aromatic heterocycles. The molecule has 0 saturated heterocycles. The van der Waals surface area contributed by atoms with Crippen LogP contribution >= 0.6 is 0 Å². The van der Waals surface area contributed by atoms with Gasteiger partial charge in [-0.25, -0.2) is 0 Å². The van der Waals surface area contributed by atoms with E-state index in [2.05, 4.69) is 26.2 Å². The van der Waals surface area contributed by atoms with Crippen LogP contribution in [0, 0.1) is 5.92 Å². The van der Waals surface area contributed by atoms with Crippen molar-refractivity contribution in [2.45, 2.75) is 51.2 Å². The summed E-state index contributed by atoms with van der Waals surface area (Å²) in [5.41, 5.74) is -1.30. The number of ether oxygens (including phenoxy) is 2. The van der Waals surface area contributed by atoms with Gasteiger partial charge in [-0.1, -0.05) is 32.6 Å². The van der Waals surface area contributed by atoms with Crippen molar-refractivity contribution in [3.63, 3.8) is 0 Å². The summed E-state index contributed by atoms with van der Waals surface area (Å²) in [6.07, 6.45) is 1.18. The minimum atomic E-state index is -1.30. The molecule has 19 heavy (non-hydrogen) atoms. The van der Waals surface area contributed by atoms with Crippen LogP contribution in [0.4, 0.5) is 0 Å². The first kappa shape index (κ1) is 18.8. The average molecular weight is 290 g/mol. The van der Waals surface area contributed by atoms with Crippen molar-refractivity contribution in [1.29, 1.82) is 0 Å². The average Bonchev–Trinajstić information content (AvgIpc) is 2.31. The maximum atomic E-state index is 10.1. The van der Waals surface area contributed by atoms with Gasteiger partial charge in [0.25, 0.3) is 0 Å². The van der Waals surface area contributed by atoms with Crippen LogP contribution in [0.5, 0.6) is 0 Å². The van der Waals surface area contributed by atoms with Crippen LogP contribution < -0.4 is 0 Å². The largest absolute Gasteiger partial charge is 0.393 e. The minimum Gasteiger partial charge on any atom is -0.393 e. The Morgan fingerprint density at radius 2 is 1.95 bits per heavy atom. The lowest BCUT2D eigenvalue weighted by atomic mass is 9.90. The van der Waals surface area contributed by atoms with Crippen LogP contribution in [0.2, 0.25) is 25.7 Å². The van der Waals surface area contributed by atoms with Gasteiger partial charge in [0.2, 0.25) is 0 Å². The topological polar surface area (TPSA) is 58.9 Å². The van der Waals surface area contributed by atoms with Gasteiger partial charge < -0.3 is 19.7 Å². The molecule has 4 nitrogen and oxygen atoms in total. The zero-order chi connectivity index (χ0) is 15.1. The lowest BCUT2D eigenvalue weighted by Crippen LogP contribution is -2.48. The Bertz CT molecular complexity index is 261. The van der Waals surface area contributed by atoms with E-state index in [1.165, 1.54) is 0 Å². The summed E-state index contributed by atoms with van der Waals surface area (Å²) in [4.78, 5) is 0. The second kappa shape index (κ2) is 8.17. The van der Waals surface area contributed by atoms with Gasteiger partial charge in [0.05, 0.1) is 12.7 Å². The molecule has 0 aliphatic heterocycles. The van der Waals surface area contributed by atoms with Gasteiger partial charge in [0.15, 0.2) is 0 Å². The van der Waals surface area contributed by atoms with Crippen LogP contribution in [0.1, 0.15) is 13.8 Å². The van der Waals surface area contributed by atoms with Crippen molar-refractivity contribution < 1.29 is 19.7 Å². The number of hydrogen-bond acceptors (Lipinski definition) is 4. The summed E-state index contributed by atoms with van der Waals surface area (Å²) in [6.45, 7) is 14.5. The van der Waals surface area contributed by atoms with Gasteiger partial charge in [-0.3, -0.25) is 0 Å². The molecule has 0 amide bonds. The molecule has 3 atom stereocenters. The van der Waals surface area contributed by atoms with Crippen LogP contribution in [0.3, 0.4) is 0 Å². The Hall–Kier alpha value is -0.203. The van der Waals surface area contributed by atoms with E-state index in [0.29, 0.717) is 6.61 Å². The monoisotopic (exact) mass is 290 g/mol. The zero-order valence-electron chi connectivity index (χ0n) is 13.0. The van der Waals surface area contributed by atoms with Gasteiger partial charge >= 0.3 is 0 Å². The minimum absolute atomic E-state index is 0.0669. The molecule has 0 bridgehead atoms. The quantitative estimate of drug-likeness (QED) is 0.280. The number of rotatable bonds is 10. The van der Waals surface area contributed by atoms with E-state index in [4.69, 9.17) is 9.47 Å². The zero-order valence-corrected chi connectivity index (χ0v) is 14.0. The van der Waals surface area contributed by atoms with E-state index in [0.717, 1.165) is 6.04 Å². The fourth-order valence-corrected chi connectivity index (χ4v) is 2.43. The second-order valence-corrected chi connectivity index (χ2v) is 12.2. The van der Waals surface area contributed by atoms with Crippen LogP contribution in [-0.4, -0.2) is 50.0 Å². The first-order valence-corrected chi connectivity index (χ1v) is 10.5. The highest BCUT2D eigenvalue weighted by atomic mass is 28.3. The lowest BCUT2D eigenvalue weighted by Gasteiger charge is -2.34. The molecule has 0 spiro atoms. The van der Waals surface area contributed by atoms with Gasteiger partial charge in [0, 0.05) is 20.6 Å². The molecule has 0 aromatic rings. The third-order valence-electron chi connectivity index (χ3n) is 3.11. The fraction of sp³-hybridized carbons (Fsp3) is 0.857. The molecule has 0 aromatic carbocycles. The molecule has 0 unspecified atom stereocenters. The van der Waals surface area contributed by atoms with Crippen molar-refractivity contribution in [2.24, 2.45) is 5.92 Å². The molecule has 0 rings (SSSR count). The van der Waals surface area contributed by atoms with Crippen molar-refractivity contribution in [2.75, 3.05) is 20.0 Å². The number of aliphatic hydroxyl groups is 2. The van der Waals surface area contributed by atoms with Crippen molar-refractivity contribution in [1.82, 2.24) is 0 Å². The summed E-state index contributed by atoms with van der Waals surface area (Å²) in [7, 11) is -1.09. The summed E-state index contributed by atoms with van der Waals surface area (Å²) in [6, 6.07) is 1.08. The van der Waals surface area contributed by atoms with Crippen molar-refractivity contribution >= 4 is 8.07 Å². The highest BCUT2D eigenvalue weighted by molar-refractivity contribution is 6.76. The fourth-order valence-electron chi connectivity index (χ4n) is 1.67. The normalized spacial score (nSPS) is 18.7. The predicted octanol–water partition coefficient (Wildman–Crippen LogP) is 2.25. The third-order valence-corrected chi connectivity index (χ3v) is 4.81.